The van der Waals surface area contributed by atoms with Gasteiger partial charge in [-0.15, -0.1) is 0 Å². The van der Waals surface area contributed by atoms with E-state index in [9.17, 15) is 0 Å². The van der Waals surface area contributed by atoms with Gasteiger partial charge < -0.3 is 5.11 Å². The van der Waals surface area contributed by atoms with E-state index in [1.807, 2.05) is 16.8 Å². The first-order valence-corrected chi connectivity index (χ1v) is 5.33. The van der Waals surface area contributed by atoms with Gasteiger partial charge in [-0.2, -0.15) is 5.10 Å². The van der Waals surface area contributed by atoms with Crippen LogP contribution in [0.2, 0.25) is 0 Å². The average Bonchev–Trinajstić information content (AvgIpc) is 2.57. The Bertz CT molecular complexity index is 439. The molecule has 0 fully saturated rings. The molecule has 2 heterocycles. The second-order valence-corrected chi connectivity index (χ2v) is 4.04. The standard InChI is InChI=1S/C10H11BrN2O/c11-9-6-12-13-7-8(2-1-5-14)3-4-10(9)13/h3-4,6-7,14H,1-2,5H2. The van der Waals surface area contributed by atoms with Gasteiger partial charge in [0.2, 0.25) is 0 Å². The second kappa shape index (κ2) is 4.11. The quantitative estimate of drug-likeness (QED) is 0.911. The monoisotopic (exact) mass is 254 g/mol. The van der Waals surface area contributed by atoms with Crippen LogP contribution in [-0.2, 0) is 6.42 Å². The summed E-state index contributed by atoms with van der Waals surface area (Å²) in [6.45, 7) is 0.237. The van der Waals surface area contributed by atoms with Crippen molar-refractivity contribution in [3.63, 3.8) is 0 Å². The number of aliphatic hydroxyl groups excluding tert-OH is 1. The van der Waals surface area contributed by atoms with Crippen molar-refractivity contribution in [2.45, 2.75) is 12.8 Å². The van der Waals surface area contributed by atoms with Crippen molar-refractivity contribution in [2.75, 3.05) is 6.61 Å². The van der Waals surface area contributed by atoms with Gasteiger partial charge in [0.1, 0.15) is 0 Å². The minimum Gasteiger partial charge on any atom is -0.396 e. The topological polar surface area (TPSA) is 37.5 Å². The van der Waals surface area contributed by atoms with Crippen LogP contribution in [-0.4, -0.2) is 21.3 Å². The van der Waals surface area contributed by atoms with Gasteiger partial charge >= 0.3 is 0 Å². The number of hydrogen-bond donors (Lipinski definition) is 1. The second-order valence-electron chi connectivity index (χ2n) is 3.19. The summed E-state index contributed by atoms with van der Waals surface area (Å²) in [7, 11) is 0. The van der Waals surface area contributed by atoms with Gasteiger partial charge in [0.15, 0.2) is 0 Å². The average molecular weight is 255 g/mol. The van der Waals surface area contributed by atoms with Gasteiger partial charge in [0, 0.05) is 12.8 Å². The van der Waals surface area contributed by atoms with Crippen LogP contribution in [0.4, 0.5) is 0 Å². The van der Waals surface area contributed by atoms with Gasteiger partial charge in [-0.05, 0) is 40.4 Å². The maximum absolute atomic E-state index is 8.72. The molecule has 1 N–H and O–H groups in total. The molecule has 0 aliphatic heterocycles. The van der Waals surface area contributed by atoms with Gasteiger partial charge in [-0.25, -0.2) is 4.52 Å². The van der Waals surface area contributed by atoms with Gasteiger partial charge in [0.25, 0.3) is 0 Å². The Balaban J connectivity index is 2.32. The molecule has 0 atom stereocenters. The van der Waals surface area contributed by atoms with E-state index in [2.05, 4.69) is 27.1 Å². The third-order valence-corrected chi connectivity index (χ3v) is 2.76. The first-order valence-electron chi connectivity index (χ1n) is 4.54. The highest BCUT2D eigenvalue weighted by atomic mass is 79.9. The first kappa shape index (κ1) is 9.68. The summed E-state index contributed by atoms with van der Waals surface area (Å²) in [5.74, 6) is 0. The minimum absolute atomic E-state index is 0.237. The van der Waals surface area contributed by atoms with E-state index in [0.717, 1.165) is 22.8 Å². The molecule has 0 aliphatic rings. The van der Waals surface area contributed by atoms with Crippen LogP contribution < -0.4 is 0 Å². The van der Waals surface area contributed by atoms with Gasteiger partial charge in [-0.3, -0.25) is 0 Å². The molecule has 0 amide bonds. The molecule has 14 heavy (non-hydrogen) atoms. The van der Waals surface area contributed by atoms with Crippen LogP contribution in [0.1, 0.15) is 12.0 Å². The van der Waals surface area contributed by atoms with E-state index < -0.39 is 0 Å². The summed E-state index contributed by atoms with van der Waals surface area (Å²) in [5.41, 5.74) is 2.26. The number of aryl methyl sites for hydroxylation is 1. The molecule has 0 aromatic carbocycles. The van der Waals surface area contributed by atoms with Crippen molar-refractivity contribution in [1.29, 1.82) is 0 Å². The molecular formula is C10H11BrN2O. The molecule has 0 aliphatic carbocycles. The molecule has 2 aromatic rings. The maximum atomic E-state index is 8.72. The van der Waals surface area contributed by atoms with Crippen LogP contribution in [0.15, 0.2) is 29.0 Å². The normalized spacial score (nSPS) is 11.0. The lowest BCUT2D eigenvalue weighted by atomic mass is 10.1. The number of halogens is 1. The maximum Gasteiger partial charge on any atom is 0.0804 e. The largest absolute Gasteiger partial charge is 0.396 e. The van der Waals surface area contributed by atoms with Crippen LogP contribution >= 0.6 is 15.9 Å². The van der Waals surface area contributed by atoms with E-state index >= 15 is 0 Å². The van der Waals surface area contributed by atoms with Crippen molar-refractivity contribution in [3.8, 4) is 0 Å². The Morgan fingerprint density at radius 2 is 2.29 bits per heavy atom. The molecule has 0 bridgehead atoms. The molecular weight excluding hydrogens is 244 g/mol. The number of aliphatic hydroxyl groups is 1. The van der Waals surface area contributed by atoms with E-state index in [-0.39, 0.29) is 6.61 Å². The lowest BCUT2D eigenvalue weighted by Gasteiger charge is -2.00. The highest BCUT2D eigenvalue weighted by molar-refractivity contribution is 9.10. The number of fused-ring (bicyclic) bond motifs is 1. The molecule has 4 heteroatoms. The smallest absolute Gasteiger partial charge is 0.0804 e. The lowest BCUT2D eigenvalue weighted by molar-refractivity contribution is 0.288. The van der Waals surface area contributed by atoms with E-state index in [1.165, 1.54) is 5.56 Å². The number of pyridine rings is 1. The number of rotatable bonds is 3. The Labute approximate surface area is 90.5 Å². The molecule has 0 spiro atoms. The Morgan fingerprint density at radius 1 is 1.43 bits per heavy atom. The van der Waals surface area contributed by atoms with E-state index in [4.69, 9.17) is 5.11 Å². The highest BCUT2D eigenvalue weighted by Crippen LogP contribution is 2.17. The van der Waals surface area contributed by atoms with Crippen molar-refractivity contribution < 1.29 is 5.11 Å². The zero-order valence-corrected chi connectivity index (χ0v) is 9.24. The van der Waals surface area contributed by atoms with Crippen LogP contribution in [0.3, 0.4) is 0 Å². The predicted octanol–water partition coefficient (Wildman–Crippen LogP) is 2.02. The van der Waals surface area contributed by atoms with Crippen LogP contribution in [0.5, 0.6) is 0 Å². The molecule has 2 aromatic heterocycles. The summed E-state index contributed by atoms with van der Waals surface area (Å²) < 4.78 is 2.85. The summed E-state index contributed by atoms with van der Waals surface area (Å²) >= 11 is 3.42. The van der Waals surface area contributed by atoms with E-state index in [1.54, 1.807) is 6.20 Å². The Hall–Kier alpha value is -0.870. The SMILES string of the molecule is OCCCc1ccc2c(Br)cnn2c1. The molecule has 3 nitrogen and oxygen atoms in total. The highest BCUT2D eigenvalue weighted by Gasteiger charge is 2.01. The zero-order valence-electron chi connectivity index (χ0n) is 7.65. The molecule has 2 rings (SSSR count). The fraction of sp³-hybridized carbons (Fsp3) is 0.300. The summed E-state index contributed by atoms with van der Waals surface area (Å²) in [6, 6.07) is 4.10. The third kappa shape index (κ3) is 1.81. The van der Waals surface area contributed by atoms with Crippen molar-refractivity contribution >= 4 is 21.4 Å². The van der Waals surface area contributed by atoms with Gasteiger partial charge in [-0.1, -0.05) is 6.07 Å². The zero-order chi connectivity index (χ0) is 9.97. The van der Waals surface area contributed by atoms with Crippen LogP contribution in [0.25, 0.3) is 5.52 Å². The fourth-order valence-corrected chi connectivity index (χ4v) is 1.83. The number of aromatic nitrogens is 2. The van der Waals surface area contributed by atoms with Crippen molar-refractivity contribution in [2.24, 2.45) is 0 Å². The van der Waals surface area contributed by atoms with E-state index in [0.29, 0.717) is 0 Å². The molecule has 0 saturated carbocycles. The van der Waals surface area contributed by atoms with Gasteiger partial charge in [0.05, 0.1) is 16.2 Å². The molecule has 74 valence electrons. The summed E-state index contributed by atoms with van der Waals surface area (Å²) in [4.78, 5) is 0. The molecule has 0 radical (unpaired) electrons. The first-order chi connectivity index (χ1) is 6.81. The summed E-state index contributed by atoms with van der Waals surface area (Å²) in [6.07, 6.45) is 5.47. The number of nitrogens with zero attached hydrogens (tertiary/aromatic N) is 2. The Kier molecular flexibility index (Phi) is 2.84. The Morgan fingerprint density at radius 3 is 3.07 bits per heavy atom. The predicted molar refractivity (Wildman–Crippen MR) is 58.3 cm³/mol. The number of hydrogen-bond acceptors (Lipinski definition) is 2. The summed E-state index contributed by atoms with van der Waals surface area (Å²) in [5, 5.41) is 12.9. The molecule has 0 unspecified atom stereocenters. The van der Waals surface area contributed by atoms with Crippen LogP contribution in [0, 0.1) is 0 Å². The van der Waals surface area contributed by atoms with Crippen molar-refractivity contribution in [1.82, 2.24) is 9.61 Å². The lowest BCUT2D eigenvalue weighted by Crippen LogP contribution is -1.93. The minimum atomic E-state index is 0.237. The fourth-order valence-electron chi connectivity index (χ4n) is 1.43. The molecule has 0 saturated heterocycles. The third-order valence-electron chi connectivity index (χ3n) is 2.15. The van der Waals surface area contributed by atoms with Crippen molar-refractivity contribution in [3.05, 3.63) is 34.6 Å².